The number of sulfonamides is 1. The monoisotopic (exact) mass is 388 g/mol. The first kappa shape index (κ1) is 17.7. The summed E-state index contributed by atoms with van der Waals surface area (Å²) in [5.74, 6) is 1.05. The van der Waals surface area contributed by atoms with E-state index in [9.17, 15) is 8.42 Å². The Hall–Kier alpha value is -1.15. The summed E-state index contributed by atoms with van der Waals surface area (Å²) in [6.07, 6.45) is 4.65. The van der Waals surface area contributed by atoms with Gasteiger partial charge in [0.2, 0.25) is 10.0 Å². The Morgan fingerprint density at radius 2 is 2.04 bits per heavy atom. The Morgan fingerprint density at radius 1 is 1.29 bits per heavy atom. The maximum Gasteiger partial charge on any atom is 0.208 e. The van der Waals surface area contributed by atoms with Crippen molar-refractivity contribution in [2.24, 2.45) is 5.92 Å². The van der Waals surface area contributed by atoms with Gasteiger partial charge in [0.15, 0.2) is 0 Å². The van der Waals surface area contributed by atoms with Crippen molar-refractivity contribution in [1.29, 1.82) is 0 Å². The van der Waals surface area contributed by atoms with Crippen LogP contribution >= 0.6 is 23.2 Å². The van der Waals surface area contributed by atoms with Crippen LogP contribution in [-0.4, -0.2) is 44.3 Å². The molecule has 0 saturated carbocycles. The van der Waals surface area contributed by atoms with Gasteiger partial charge in [-0.3, -0.25) is 0 Å². The zero-order valence-corrected chi connectivity index (χ0v) is 15.5. The lowest BCUT2D eigenvalue weighted by atomic mass is 9.98. The van der Waals surface area contributed by atoms with Crippen LogP contribution in [0.25, 0.3) is 10.9 Å². The van der Waals surface area contributed by atoms with Gasteiger partial charge >= 0.3 is 0 Å². The molecule has 6 nitrogen and oxygen atoms in total. The maximum absolute atomic E-state index is 11.3. The molecule has 2 aromatic rings. The lowest BCUT2D eigenvalue weighted by Gasteiger charge is -2.34. The third-order valence-electron chi connectivity index (χ3n) is 4.11. The van der Waals surface area contributed by atoms with Crippen LogP contribution in [0.3, 0.4) is 0 Å². The van der Waals surface area contributed by atoms with Gasteiger partial charge < -0.3 is 4.90 Å². The van der Waals surface area contributed by atoms with Gasteiger partial charge in [-0.25, -0.2) is 23.1 Å². The van der Waals surface area contributed by atoms with E-state index in [1.54, 1.807) is 12.1 Å². The predicted octanol–water partition coefficient (Wildman–Crippen LogP) is 2.70. The quantitative estimate of drug-likeness (QED) is 0.870. The smallest absolute Gasteiger partial charge is 0.208 e. The molecule has 1 atom stereocenters. The minimum Gasteiger partial charge on any atom is -0.356 e. The third-order valence-corrected chi connectivity index (χ3v) is 5.52. The fraction of sp³-hybridized carbons (Fsp3) is 0.467. The average Bonchev–Trinajstić information content (AvgIpc) is 2.53. The fourth-order valence-corrected chi connectivity index (χ4v) is 3.84. The van der Waals surface area contributed by atoms with Gasteiger partial charge in [0.05, 0.1) is 21.8 Å². The molecule has 130 valence electrons. The fourth-order valence-electron chi connectivity index (χ4n) is 2.98. The van der Waals surface area contributed by atoms with Gasteiger partial charge in [-0.15, -0.1) is 0 Å². The summed E-state index contributed by atoms with van der Waals surface area (Å²) in [5, 5.41) is 1.78. The van der Waals surface area contributed by atoms with Crippen LogP contribution in [0.2, 0.25) is 10.0 Å². The van der Waals surface area contributed by atoms with Crippen LogP contribution in [-0.2, 0) is 10.0 Å². The molecule has 1 unspecified atom stereocenters. The first-order chi connectivity index (χ1) is 11.3. The van der Waals surface area contributed by atoms with Crippen molar-refractivity contribution < 1.29 is 8.42 Å². The third kappa shape index (κ3) is 4.08. The van der Waals surface area contributed by atoms with E-state index in [0.29, 0.717) is 16.6 Å². The van der Waals surface area contributed by atoms with Gasteiger partial charge in [-0.2, -0.15) is 0 Å². The molecule has 1 aliphatic rings. The number of benzene rings is 1. The Balaban J connectivity index is 1.86. The molecule has 0 radical (unpaired) electrons. The van der Waals surface area contributed by atoms with Crippen molar-refractivity contribution in [1.82, 2.24) is 14.7 Å². The normalized spacial score (nSPS) is 19.0. The second-order valence-corrected chi connectivity index (χ2v) is 8.70. The zero-order chi connectivity index (χ0) is 17.3. The SMILES string of the molecule is CS(=O)(=O)NCC1CCCN(c2ncnc3cc(Cl)c(Cl)cc23)C1. The van der Waals surface area contributed by atoms with Gasteiger partial charge in [0.1, 0.15) is 12.1 Å². The number of aromatic nitrogens is 2. The second-order valence-electron chi connectivity index (χ2n) is 6.06. The minimum absolute atomic E-state index is 0.237. The highest BCUT2D eigenvalue weighted by atomic mass is 35.5. The number of anilines is 1. The Morgan fingerprint density at radius 3 is 2.79 bits per heavy atom. The van der Waals surface area contributed by atoms with E-state index in [2.05, 4.69) is 19.6 Å². The first-order valence-corrected chi connectivity index (χ1v) is 10.3. The number of rotatable bonds is 4. The number of nitrogens with zero attached hydrogens (tertiary/aromatic N) is 3. The number of piperidine rings is 1. The predicted molar refractivity (Wildman–Crippen MR) is 97.3 cm³/mol. The van der Waals surface area contributed by atoms with Gasteiger partial charge in [-0.05, 0) is 30.9 Å². The Kier molecular flexibility index (Phi) is 5.15. The molecule has 2 heterocycles. The molecule has 9 heteroatoms. The Labute approximate surface area is 151 Å². The molecule has 0 bridgehead atoms. The van der Waals surface area contributed by atoms with E-state index in [0.717, 1.165) is 42.7 Å². The summed E-state index contributed by atoms with van der Waals surface area (Å²) in [4.78, 5) is 10.8. The lowest BCUT2D eigenvalue weighted by Crippen LogP contribution is -2.41. The highest BCUT2D eigenvalue weighted by molar-refractivity contribution is 7.88. The van der Waals surface area contributed by atoms with Crippen molar-refractivity contribution in [3.63, 3.8) is 0 Å². The molecule has 1 aliphatic heterocycles. The van der Waals surface area contributed by atoms with Crippen LogP contribution in [0, 0.1) is 5.92 Å². The Bertz CT molecular complexity index is 860. The molecule has 0 spiro atoms. The van der Waals surface area contributed by atoms with Crippen molar-refractivity contribution in [2.45, 2.75) is 12.8 Å². The average molecular weight is 389 g/mol. The molecular formula is C15H18Cl2N4O2S. The number of nitrogens with one attached hydrogen (secondary N) is 1. The van der Waals surface area contributed by atoms with Crippen LogP contribution in [0.4, 0.5) is 5.82 Å². The summed E-state index contributed by atoms with van der Waals surface area (Å²) in [5.41, 5.74) is 0.741. The van der Waals surface area contributed by atoms with Crippen LogP contribution in [0.5, 0.6) is 0 Å². The molecule has 1 fully saturated rings. The summed E-state index contributed by atoms with van der Waals surface area (Å²) in [6, 6.07) is 3.52. The van der Waals surface area contributed by atoms with Crippen molar-refractivity contribution in [3.05, 3.63) is 28.5 Å². The molecular weight excluding hydrogens is 371 g/mol. The van der Waals surface area contributed by atoms with Gasteiger partial charge in [0.25, 0.3) is 0 Å². The van der Waals surface area contributed by atoms with E-state index in [-0.39, 0.29) is 5.92 Å². The van der Waals surface area contributed by atoms with Gasteiger partial charge in [0, 0.05) is 25.0 Å². The second kappa shape index (κ2) is 7.00. The van der Waals surface area contributed by atoms with E-state index >= 15 is 0 Å². The van der Waals surface area contributed by atoms with Crippen LogP contribution in [0.1, 0.15) is 12.8 Å². The molecule has 3 rings (SSSR count). The number of fused-ring (bicyclic) bond motifs is 1. The molecule has 1 saturated heterocycles. The topological polar surface area (TPSA) is 75.2 Å². The number of halogens is 2. The first-order valence-electron chi connectivity index (χ1n) is 7.63. The summed E-state index contributed by atoms with van der Waals surface area (Å²) in [6.45, 7) is 2.03. The minimum atomic E-state index is -3.18. The summed E-state index contributed by atoms with van der Waals surface area (Å²) < 4.78 is 25.2. The van der Waals surface area contributed by atoms with Crippen LogP contribution < -0.4 is 9.62 Å². The van der Waals surface area contributed by atoms with Crippen molar-refractivity contribution in [3.8, 4) is 0 Å². The van der Waals surface area contributed by atoms with E-state index in [1.165, 1.54) is 12.6 Å². The largest absolute Gasteiger partial charge is 0.356 e. The molecule has 0 amide bonds. The highest BCUT2D eigenvalue weighted by Crippen LogP contribution is 2.32. The maximum atomic E-state index is 11.3. The summed E-state index contributed by atoms with van der Waals surface area (Å²) in [7, 11) is -3.18. The van der Waals surface area contributed by atoms with Gasteiger partial charge in [-0.1, -0.05) is 23.2 Å². The molecule has 1 aromatic carbocycles. The van der Waals surface area contributed by atoms with Crippen molar-refractivity contribution >= 4 is 49.9 Å². The number of hydrogen-bond acceptors (Lipinski definition) is 5. The molecule has 1 aromatic heterocycles. The number of hydrogen-bond donors (Lipinski definition) is 1. The van der Waals surface area contributed by atoms with E-state index in [4.69, 9.17) is 23.2 Å². The van der Waals surface area contributed by atoms with Crippen molar-refractivity contribution in [2.75, 3.05) is 30.8 Å². The lowest BCUT2D eigenvalue weighted by molar-refractivity contribution is 0.410. The van der Waals surface area contributed by atoms with E-state index < -0.39 is 10.0 Å². The van der Waals surface area contributed by atoms with E-state index in [1.807, 2.05) is 0 Å². The zero-order valence-electron chi connectivity index (χ0n) is 13.2. The highest BCUT2D eigenvalue weighted by Gasteiger charge is 2.23. The molecule has 0 aliphatic carbocycles. The molecule has 1 N–H and O–H groups in total. The van der Waals surface area contributed by atoms with Crippen LogP contribution in [0.15, 0.2) is 18.5 Å². The summed E-state index contributed by atoms with van der Waals surface area (Å²) >= 11 is 12.2. The standard InChI is InChI=1S/C15H18Cl2N4O2S/c1-24(22,23)20-7-10-3-2-4-21(8-10)15-11-5-12(16)13(17)6-14(11)18-9-19-15/h5-6,9-10,20H,2-4,7-8H2,1H3. The molecule has 24 heavy (non-hydrogen) atoms.